The van der Waals surface area contributed by atoms with E-state index < -0.39 is 17.8 Å². The van der Waals surface area contributed by atoms with Crippen molar-refractivity contribution in [2.75, 3.05) is 18.6 Å². The van der Waals surface area contributed by atoms with E-state index in [1.165, 1.54) is 6.26 Å². The van der Waals surface area contributed by atoms with Crippen molar-refractivity contribution in [3.8, 4) is 23.0 Å². The van der Waals surface area contributed by atoms with Crippen molar-refractivity contribution >= 4 is 23.5 Å². The molecular weight excluding hydrogens is 402 g/mol. The molecule has 3 aromatic rings. The predicted molar refractivity (Wildman–Crippen MR) is 110 cm³/mol. The Kier molecular flexibility index (Phi) is 5.40. The zero-order valence-corrected chi connectivity index (χ0v) is 16.9. The summed E-state index contributed by atoms with van der Waals surface area (Å²) in [6, 6.07) is 12.9. The van der Waals surface area contributed by atoms with Crippen molar-refractivity contribution in [1.82, 2.24) is 9.88 Å². The molecule has 4 rings (SSSR count). The van der Waals surface area contributed by atoms with Crippen LogP contribution in [0.4, 0.5) is 10.5 Å². The highest BCUT2D eigenvalue weighted by molar-refractivity contribution is 6.52. The first-order valence-electron chi connectivity index (χ1n) is 9.54. The molecule has 4 amide bonds. The Balaban J connectivity index is 1.56. The fraction of sp³-hybridized carbons (Fsp3) is 0.182. The van der Waals surface area contributed by atoms with Gasteiger partial charge in [-0.15, -0.1) is 0 Å². The number of oxazole rings is 1. The van der Waals surface area contributed by atoms with Crippen molar-refractivity contribution in [2.45, 2.75) is 13.5 Å². The van der Waals surface area contributed by atoms with Gasteiger partial charge in [0.1, 0.15) is 17.8 Å². The molecule has 0 radical (unpaired) electrons. The quantitative estimate of drug-likeness (QED) is 0.426. The molecule has 0 spiro atoms. The van der Waals surface area contributed by atoms with E-state index in [0.717, 1.165) is 9.80 Å². The average molecular weight is 421 g/mol. The lowest BCUT2D eigenvalue weighted by Gasteiger charge is -2.17. The van der Waals surface area contributed by atoms with E-state index in [4.69, 9.17) is 13.9 Å². The first kappa shape index (κ1) is 20.1. The molecule has 0 saturated carbocycles. The van der Waals surface area contributed by atoms with Gasteiger partial charge in [0.25, 0.3) is 0 Å². The van der Waals surface area contributed by atoms with Gasteiger partial charge in [-0.25, -0.2) is 19.6 Å². The zero-order chi connectivity index (χ0) is 22.0. The molecule has 9 heteroatoms. The fourth-order valence-electron chi connectivity index (χ4n) is 3.18. The molecule has 2 heterocycles. The Hall–Kier alpha value is -4.14. The van der Waals surface area contributed by atoms with Crippen molar-refractivity contribution < 1.29 is 28.3 Å². The lowest BCUT2D eigenvalue weighted by molar-refractivity contribution is -0.139. The van der Waals surface area contributed by atoms with Crippen LogP contribution in [0, 0.1) is 0 Å². The van der Waals surface area contributed by atoms with Gasteiger partial charge < -0.3 is 13.9 Å². The van der Waals surface area contributed by atoms with E-state index in [1.807, 2.05) is 0 Å². The van der Waals surface area contributed by atoms with Crippen molar-refractivity contribution in [1.29, 1.82) is 0 Å². The summed E-state index contributed by atoms with van der Waals surface area (Å²) in [5, 5.41) is 0. The number of imide groups is 2. The Labute approximate surface area is 177 Å². The van der Waals surface area contributed by atoms with E-state index in [-0.39, 0.29) is 12.2 Å². The van der Waals surface area contributed by atoms with E-state index in [9.17, 15) is 14.4 Å². The minimum atomic E-state index is -0.948. The van der Waals surface area contributed by atoms with Crippen molar-refractivity contribution in [3.63, 3.8) is 0 Å². The maximum Gasteiger partial charge on any atom is 0.339 e. The summed E-state index contributed by atoms with van der Waals surface area (Å²) >= 11 is 0. The molecule has 31 heavy (non-hydrogen) atoms. The lowest BCUT2D eigenvalue weighted by Crippen LogP contribution is -2.33. The number of amides is 4. The summed E-state index contributed by atoms with van der Waals surface area (Å²) in [6.45, 7) is 1.93. The van der Waals surface area contributed by atoms with Gasteiger partial charge in [-0.05, 0) is 43.3 Å². The smallest absolute Gasteiger partial charge is 0.339 e. The molecule has 1 aliphatic rings. The third-order valence-electron chi connectivity index (χ3n) is 4.67. The van der Waals surface area contributed by atoms with Gasteiger partial charge in [0.15, 0.2) is 0 Å². The molecule has 0 atom stereocenters. The molecule has 1 saturated heterocycles. The van der Waals surface area contributed by atoms with Gasteiger partial charge in [0.2, 0.25) is 5.89 Å². The summed E-state index contributed by atoms with van der Waals surface area (Å²) in [5.41, 5.74) is 1.25. The fourth-order valence-corrected chi connectivity index (χ4v) is 3.18. The predicted octanol–water partition coefficient (Wildman–Crippen LogP) is 3.24. The molecule has 2 aromatic carbocycles. The second-order valence-corrected chi connectivity index (χ2v) is 6.59. The van der Waals surface area contributed by atoms with Crippen LogP contribution in [0.15, 0.2) is 59.2 Å². The highest BCUT2D eigenvalue weighted by atomic mass is 16.5. The number of hydrogen-bond donors (Lipinski definition) is 0. The van der Waals surface area contributed by atoms with Crippen LogP contribution in [-0.4, -0.2) is 41.4 Å². The number of ether oxygens (including phenoxy) is 2. The third kappa shape index (κ3) is 3.73. The highest BCUT2D eigenvalue weighted by Crippen LogP contribution is 2.32. The standard InChI is InChI=1S/C22H19N3O6/c1-3-30-18-7-5-4-6-17(18)25-21(27)20(26)24(22(25)28)12-15-13-31-19(23-15)14-8-10-16(29-2)11-9-14/h4-11,13H,3,12H2,1-2H3. The summed E-state index contributed by atoms with van der Waals surface area (Å²) < 4.78 is 16.1. The second kappa shape index (κ2) is 8.31. The largest absolute Gasteiger partial charge is 0.497 e. The Bertz CT molecular complexity index is 1140. The van der Waals surface area contributed by atoms with Crippen LogP contribution in [0.1, 0.15) is 12.6 Å². The number of carbonyl (C=O) groups excluding carboxylic acids is 3. The van der Waals surface area contributed by atoms with E-state index in [0.29, 0.717) is 35.3 Å². The number of para-hydroxylation sites is 2. The van der Waals surface area contributed by atoms with E-state index in [2.05, 4.69) is 4.98 Å². The zero-order valence-electron chi connectivity index (χ0n) is 16.9. The van der Waals surface area contributed by atoms with Gasteiger partial charge >= 0.3 is 17.8 Å². The topological polar surface area (TPSA) is 102 Å². The molecule has 0 unspecified atom stereocenters. The number of aromatic nitrogens is 1. The summed E-state index contributed by atoms with van der Waals surface area (Å²) in [5.74, 6) is -0.540. The van der Waals surface area contributed by atoms with E-state index in [1.54, 1.807) is 62.6 Å². The monoisotopic (exact) mass is 421 g/mol. The summed E-state index contributed by atoms with van der Waals surface area (Å²) in [6.07, 6.45) is 1.35. The number of methoxy groups -OCH3 is 1. The Morgan fingerprint density at radius 3 is 2.45 bits per heavy atom. The van der Waals surface area contributed by atoms with Crippen LogP contribution in [0.2, 0.25) is 0 Å². The van der Waals surface area contributed by atoms with Gasteiger partial charge in [0, 0.05) is 5.56 Å². The van der Waals surface area contributed by atoms with Crippen LogP contribution in [-0.2, 0) is 16.1 Å². The number of nitrogens with zero attached hydrogens (tertiary/aromatic N) is 3. The van der Waals surface area contributed by atoms with Gasteiger partial charge in [-0.2, -0.15) is 0 Å². The van der Waals surface area contributed by atoms with Crippen LogP contribution < -0.4 is 14.4 Å². The van der Waals surface area contributed by atoms with Crippen LogP contribution in [0.5, 0.6) is 11.5 Å². The Morgan fingerprint density at radius 2 is 1.74 bits per heavy atom. The maximum atomic E-state index is 12.9. The first-order chi connectivity index (χ1) is 15.0. The first-order valence-corrected chi connectivity index (χ1v) is 9.54. The number of benzene rings is 2. The SMILES string of the molecule is CCOc1ccccc1N1C(=O)C(=O)N(Cc2coc(-c3ccc(OC)cc3)n2)C1=O. The molecule has 0 aliphatic carbocycles. The average Bonchev–Trinajstić information content (AvgIpc) is 3.34. The lowest BCUT2D eigenvalue weighted by atomic mass is 10.2. The van der Waals surface area contributed by atoms with Gasteiger partial charge in [-0.1, -0.05) is 12.1 Å². The number of carbonyl (C=O) groups is 3. The highest BCUT2D eigenvalue weighted by Gasteiger charge is 2.46. The van der Waals surface area contributed by atoms with Gasteiger partial charge in [0.05, 0.1) is 31.6 Å². The van der Waals surface area contributed by atoms with Crippen LogP contribution in [0.3, 0.4) is 0 Å². The summed E-state index contributed by atoms with van der Waals surface area (Å²) in [7, 11) is 1.57. The van der Waals surface area contributed by atoms with Crippen molar-refractivity contribution in [2.24, 2.45) is 0 Å². The minimum absolute atomic E-state index is 0.198. The number of anilines is 1. The van der Waals surface area contributed by atoms with Crippen molar-refractivity contribution in [3.05, 3.63) is 60.5 Å². The summed E-state index contributed by atoms with van der Waals surface area (Å²) in [4.78, 5) is 44.0. The third-order valence-corrected chi connectivity index (χ3v) is 4.67. The van der Waals surface area contributed by atoms with E-state index >= 15 is 0 Å². The second-order valence-electron chi connectivity index (χ2n) is 6.59. The number of rotatable bonds is 7. The molecule has 9 nitrogen and oxygen atoms in total. The van der Waals surface area contributed by atoms with Crippen LogP contribution >= 0.6 is 0 Å². The number of urea groups is 1. The molecule has 1 aromatic heterocycles. The Morgan fingerprint density at radius 1 is 1.00 bits per heavy atom. The molecule has 0 bridgehead atoms. The maximum absolute atomic E-state index is 12.9. The molecular formula is C22H19N3O6. The van der Waals surface area contributed by atoms with Crippen LogP contribution in [0.25, 0.3) is 11.5 Å². The molecule has 0 N–H and O–H groups in total. The van der Waals surface area contributed by atoms with Gasteiger partial charge in [-0.3, -0.25) is 9.59 Å². The molecule has 1 fully saturated rings. The minimum Gasteiger partial charge on any atom is -0.497 e. The molecule has 158 valence electrons. The molecule has 1 aliphatic heterocycles. The normalized spacial score (nSPS) is 13.8. The number of hydrogen-bond acceptors (Lipinski definition) is 7.